The van der Waals surface area contributed by atoms with E-state index in [4.69, 9.17) is 21.1 Å². The summed E-state index contributed by atoms with van der Waals surface area (Å²) in [5, 5.41) is 0. The van der Waals surface area contributed by atoms with Crippen LogP contribution in [0.1, 0.15) is 26.3 Å². The molecule has 0 radical (unpaired) electrons. The van der Waals surface area contributed by atoms with E-state index in [9.17, 15) is 0 Å². The van der Waals surface area contributed by atoms with E-state index in [2.05, 4.69) is 13.8 Å². The van der Waals surface area contributed by atoms with Crippen LogP contribution < -0.4 is 9.47 Å². The molecule has 0 unspecified atom stereocenters. The van der Waals surface area contributed by atoms with E-state index in [-0.39, 0.29) is 0 Å². The lowest BCUT2D eigenvalue weighted by molar-refractivity contribution is 0.248. The fourth-order valence-electron chi connectivity index (χ4n) is 1.28. The second-order valence-corrected chi connectivity index (χ2v) is 4.32. The number of hydrogen-bond acceptors (Lipinski definition) is 2. The third kappa shape index (κ3) is 3.93. The van der Waals surface area contributed by atoms with Crippen molar-refractivity contribution in [3.63, 3.8) is 0 Å². The molecule has 0 aliphatic heterocycles. The minimum Gasteiger partial charge on any atom is -0.490 e. The van der Waals surface area contributed by atoms with Gasteiger partial charge >= 0.3 is 0 Å². The Morgan fingerprint density at radius 2 is 1.94 bits per heavy atom. The average Bonchev–Trinajstić information content (AvgIpc) is 2.27. The van der Waals surface area contributed by atoms with Gasteiger partial charge in [0, 0.05) is 5.88 Å². The highest BCUT2D eigenvalue weighted by Crippen LogP contribution is 2.29. The normalized spacial score (nSPS) is 10.6. The predicted octanol–water partition coefficient (Wildman–Crippen LogP) is 3.86. The Morgan fingerprint density at radius 1 is 1.19 bits per heavy atom. The van der Waals surface area contributed by atoms with Gasteiger partial charge in [0.25, 0.3) is 0 Å². The highest BCUT2D eigenvalue weighted by molar-refractivity contribution is 6.17. The summed E-state index contributed by atoms with van der Waals surface area (Å²) >= 11 is 5.78. The van der Waals surface area contributed by atoms with Crippen LogP contribution in [0.15, 0.2) is 18.2 Å². The van der Waals surface area contributed by atoms with Gasteiger partial charge in [0.15, 0.2) is 11.5 Å². The Hall–Kier alpha value is -0.890. The van der Waals surface area contributed by atoms with Gasteiger partial charge in [-0.15, -0.1) is 11.6 Å². The van der Waals surface area contributed by atoms with Gasteiger partial charge in [-0.3, -0.25) is 0 Å². The molecule has 3 heteroatoms. The van der Waals surface area contributed by atoms with Gasteiger partial charge in [0.2, 0.25) is 0 Å². The van der Waals surface area contributed by atoms with E-state index < -0.39 is 0 Å². The highest BCUT2D eigenvalue weighted by atomic mass is 35.5. The first-order valence-electron chi connectivity index (χ1n) is 5.61. The number of rotatable bonds is 6. The summed E-state index contributed by atoms with van der Waals surface area (Å²) in [6, 6.07) is 5.82. The summed E-state index contributed by atoms with van der Waals surface area (Å²) in [6.07, 6.45) is 0. The summed E-state index contributed by atoms with van der Waals surface area (Å²) < 4.78 is 11.2. The van der Waals surface area contributed by atoms with Gasteiger partial charge in [0.05, 0.1) is 13.2 Å². The van der Waals surface area contributed by atoms with E-state index in [1.807, 2.05) is 25.1 Å². The van der Waals surface area contributed by atoms with Crippen molar-refractivity contribution in [3.05, 3.63) is 23.8 Å². The van der Waals surface area contributed by atoms with Crippen molar-refractivity contribution in [2.45, 2.75) is 26.7 Å². The van der Waals surface area contributed by atoms with E-state index in [0.29, 0.717) is 25.0 Å². The quantitative estimate of drug-likeness (QED) is 0.706. The molecule has 0 atom stereocenters. The minimum atomic E-state index is 0.491. The van der Waals surface area contributed by atoms with Crippen LogP contribution in [-0.2, 0) is 5.88 Å². The van der Waals surface area contributed by atoms with Gasteiger partial charge < -0.3 is 9.47 Å². The molecular weight excluding hydrogens is 224 g/mol. The van der Waals surface area contributed by atoms with Crippen molar-refractivity contribution in [1.29, 1.82) is 0 Å². The summed E-state index contributed by atoms with van der Waals surface area (Å²) in [4.78, 5) is 0. The van der Waals surface area contributed by atoms with Gasteiger partial charge in [-0.1, -0.05) is 19.9 Å². The molecule has 0 heterocycles. The number of halogens is 1. The van der Waals surface area contributed by atoms with Crippen LogP contribution in [-0.4, -0.2) is 13.2 Å². The number of hydrogen-bond donors (Lipinski definition) is 0. The molecule has 1 aromatic rings. The maximum absolute atomic E-state index is 5.78. The second kappa shape index (κ2) is 6.64. The van der Waals surface area contributed by atoms with Crippen LogP contribution in [0, 0.1) is 5.92 Å². The van der Waals surface area contributed by atoms with Crippen LogP contribution >= 0.6 is 11.6 Å². The molecule has 0 aromatic heterocycles. The topological polar surface area (TPSA) is 18.5 Å². The molecule has 1 aromatic carbocycles. The van der Waals surface area contributed by atoms with Crippen LogP contribution in [0.2, 0.25) is 0 Å². The molecule has 0 spiro atoms. The standard InChI is InChI=1S/C13H19ClO2/c1-4-15-13-7-11(8-14)5-6-12(13)16-9-10(2)3/h5-7,10H,4,8-9H2,1-3H3. The summed E-state index contributed by atoms with van der Waals surface area (Å²) in [5.41, 5.74) is 1.04. The summed E-state index contributed by atoms with van der Waals surface area (Å²) in [7, 11) is 0. The molecule has 0 fully saturated rings. The van der Waals surface area contributed by atoms with Crippen molar-refractivity contribution in [3.8, 4) is 11.5 Å². The zero-order valence-electron chi connectivity index (χ0n) is 10.1. The molecule has 0 saturated carbocycles. The van der Waals surface area contributed by atoms with Crippen molar-refractivity contribution in [2.24, 2.45) is 5.92 Å². The fraction of sp³-hybridized carbons (Fsp3) is 0.538. The molecule has 0 aliphatic rings. The van der Waals surface area contributed by atoms with Crippen LogP contribution in [0.25, 0.3) is 0 Å². The third-order valence-electron chi connectivity index (χ3n) is 2.03. The van der Waals surface area contributed by atoms with Gasteiger partial charge in [-0.2, -0.15) is 0 Å². The summed E-state index contributed by atoms with van der Waals surface area (Å²) in [5.74, 6) is 2.57. The lowest BCUT2D eigenvalue weighted by atomic mass is 10.2. The lowest BCUT2D eigenvalue weighted by Crippen LogP contribution is -2.06. The SMILES string of the molecule is CCOc1cc(CCl)ccc1OCC(C)C. The Balaban J connectivity index is 2.80. The van der Waals surface area contributed by atoms with Crippen LogP contribution in [0.5, 0.6) is 11.5 Å². The zero-order chi connectivity index (χ0) is 12.0. The molecule has 0 amide bonds. The van der Waals surface area contributed by atoms with E-state index in [0.717, 1.165) is 17.1 Å². The van der Waals surface area contributed by atoms with Crippen molar-refractivity contribution in [1.82, 2.24) is 0 Å². The Kier molecular flexibility index (Phi) is 5.47. The smallest absolute Gasteiger partial charge is 0.161 e. The first-order valence-corrected chi connectivity index (χ1v) is 6.15. The Bertz CT molecular complexity index is 324. The van der Waals surface area contributed by atoms with Gasteiger partial charge in [-0.05, 0) is 30.5 Å². The van der Waals surface area contributed by atoms with E-state index in [1.54, 1.807) is 0 Å². The van der Waals surface area contributed by atoms with Crippen molar-refractivity contribution in [2.75, 3.05) is 13.2 Å². The third-order valence-corrected chi connectivity index (χ3v) is 2.34. The number of alkyl halides is 1. The molecule has 0 N–H and O–H groups in total. The highest BCUT2D eigenvalue weighted by Gasteiger charge is 2.06. The molecular formula is C13H19ClO2. The maximum Gasteiger partial charge on any atom is 0.161 e. The predicted molar refractivity (Wildman–Crippen MR) is 67.5 cm³/mol. The number of benzene rings is 1. The monoisotopic (exact) mass is 242 g/mol. The zero-order valence-corrected chi connectivity index (χ0v) is 10.9. The first-order chi connectivity index (χ1) is 7.67. The molecule has 16 heavy (non-hydrogen) atoms. The average molecular weight is 243 g/mol. The van der Waals surface area contributed by atoms with E-state index in [1.165, 1.54) is 0 Å². The Labute approximate surface area is 103 Å². The molecule has 2 nitrogen and oxygen atoms in total. The van der Waals surface area contributed by atoms with Gasteiger partial charge in [0.1, 0.15) is 0 Å². The number of ether oxygens (including phenoxy) is 2. The molecule has 0 aliphatic carbocycles. The molecule has 1 rings (SSSR count). The lowest BCUT2D eigenvalue weighted by Gasteiger charge is -2.14. The van der Waals surface area contributed by atoms with Crippen molar-refractivity contribution >= 4 is 11.6 Å². The van der Waals surface area contributed by atoms with Crippen LogP contribution in [0.4, 0.5) is 0 Å². The summed E-state index contributed by atoms with van der Waals surface area (Å²) in [6.45, 7) is 7.52. The maximum atomic E-state index is 5.78. The first kappa shape index (κ1) is 13.2. The van der Waals surface area contributed by atoms with Gasteiger partial charge in [-0.25, -0.2) is 0 Å². The molecule has 90 valence electrons. The second-order valence-electron chi connectivity index (χ2n) is 4.05. The molecule has 0 bridgehead atoms. The fourth-order valence-corrected chi connectivity index (χ4v) is 1.45. The molecule has 0 saturated heterocycles. The van der Waals surface area contributed by atoms with Crippen LogP contribution in [0.3, 0.4) is 0 Å². The van der Waals surface area contributed by atoms with E-state index >= 15 is 0 Å². The van der Waals surface area contributed by atoms with Crippen molar-refractivity contribution < 1.29 is 9.47 Å². The minimum absolute atomic E-state index is 0.491. The Morgan fingerprint density at radius 3 is 2.50 bits per heavy atom. The largest absolute Gasteiger partial charge is 0.490 e.